The van der Waals surface area contributed by atoms with Crippen molar-refractivity contribution in [1.29, 1.82) is 0 Å². The highest BCUT2D eigenvalue weighted by molar-refractivity contribution is 4.94. The van der Waals surface area contributed by atoms with Gasteiger partial charge >= 0.3 is 0 Å². The summed E-state index contributed by atoms with van der Waals surface area (Å²) in [5.41, 5.74) is 1.06. The van der Waals surface area contributed by atoms with Gasteiger partial charge in [-0.1, -0.05) is 13.3 Å². The zero-order valence-corrected chi connectivity index (χ0v) is 8.49. The van der Waals surface area contributed by atoms with Crippen LogP contribution in [0.2, 0.25) is 0 Å². The van der Waals surface area contributed by atoms with Crippen LogP contribution in [0.5, 0.6) is 0 Å². The van der Waals surface area contributed by atoms with E-state index < -0.39 is 0 Å². The van der Waals surface area contributed by atoms with Crippen molar-refractivity contribution >= 4 is 0 Å². The minimum atomic E-state index is 0.765. The molecule has 0 amide bonds. The lowest BCUT2D eigenvalue weighted by atomic mass is 10.4. The zero-order chi connectivity index (χ0) is 9.52. The van der Waals surface area contributed by atoms with Crippen LogP contribution < -0.4 is 0 Å². The molecule has 13 heavy (non-hydrogen) atoms. The van der Waals surface area contributed by atoms with E-state index in [0.29, 0.717) is 0 Å². The van der Waals surface area contributed by atoms with Gasteiger partial charge in [-0.25, -0.2) is 0 Å². The molecule has 0 saturated heterocycles. The number of nitrogens with zero attached hydrogens (tertiary/aromatic N) is 2. The van der Waals surface area contributed by atoms with Gasteiger partial charge in [-0.3, -0.25) is 4.68 Å². The Hall–Kier alpha value is -0.830. The molecular formula is C10H18N2O. The topological polar surface area (TPSA) is 27.1 Å². The van der Waals surface area contributed by atoms with Gasteiger partial charge in [0, 0.05) is 12.8 Å². The average Bonchev–Trinajstić information content (AvgIpc) is 2.51. The van der Waals surface area contributed by atoms with Crippen molar-refractivity contribution in [2.75, 3.05) is 13.2 Å². The number of aryl methyl sites for hydroxylation is 1. The minimum Gasteiger partial charge on any atom is -0.380 e. The number of ether oxygens (including phenoxy) is 1. The third-order valence-corrected chi connectivity index (χ3v) is 1.88. The first-order valence-electron chi connectivity index (χ1n) is 4.90. The molecule has 1 heterocycles. The molecule has 0 aliphatic heterocycles. The maximum absolute atomic E-state index is 5.43. The number of hydrogen-bond donors (Lipinski definition) is 0. The Kier molecular flexibility index (Phi) is 4.54. The Labute approximate surface area is 79.7 Å². The van der Waals surface area contributed by atoms with Crippen LogP contribution in [-0.4, -0.2) is 23.0 Å². The first kappa shape index (κ1) is 10.3. The molecular weight excluding hydrogens is 164 g/mol. The molecule has 3 nitrogen and oxygen atoms in total. The van der Waals surface area contributed by atoms with E-state index in [2.05, 4.69) is 12.0 Å². The van der Waals surface area contributed by atoms with Crippen LogP contribution in [0.1, 0.15) is 25.5 Å². The molecule has 0 aliphatic carbocycles. The molecule has 0 unspecified atom stereocenters. The van der Waals surface area contributed by atoms with E-state index in [0.717, 1.165) is 31.9 Å². The van der Waals surface area contributed by atoms with Crippen LogP contribution in [0.25, 0.3) is 0 Å². The molecule has 0 radical (unpaired) electrons. The van der Waals surface area contributed by atoms with E-state index in [1.54, 1.807) is 0 Å². The van der Waals surface area contributed by atoms with Crippen molar-refractivity contribution in [3.63, 3.8) is 0 Å². The summed E-state index contributed by atoms with van der Waals surface area (Å²) in [6.07, 6.45) is 4.33. The highest BCUT2D eigenvalue weighted by atomic mass is 16.5. The number of aromatic nitrogens is 2. The summed E-state index contributed by atoms with van der Waals surface area (Å²) in [6.45, 7) is 6.66. The molecule has 0 spiro atoms. The smallest absolute Gasteiger partial charge is 0.0662 e. The Morgan fingerprint density at radius 1 is 1.46 bits per heavy atom. The highest BCUT2D eigenvalue weighted by Gasteiger charge is 1.93. The predicted molar refractivity (Wildman–Crippen MR) is 52.7 cm³/mol. The minimum absolute atomic E-state index is 0.765. The second-order valence-corrected chi connectivity index (χ2v) is 3.19. The molecule has 0 aromatic carbocycles. The molecule has 74 valence electrons. The van der Waals surface area contributed by atoms with Gasteiger partial charge in [0.1, 0.15) is 0 Å². The second kappa shape index (κ2) is 5.75. The maximum atomic E-state index is 5.43. The summed E-state index contributed by atoms with van der Waals surface area (Å²) < 4.78 is 7.34. The SMILES string of the molecule is CCCCOCCn1ccc(C)n1. The molecule has 3 heteroatoms. The first-order valence-corrected chi connectivity index (χ1v) is 4.90. The largest absolute Gasteiger partial charge is 0.380 e. The second-order valence-electron chi connectivity index (χ2n) is 3.19. The fraction of sp³-hybridized carbons (Fsp3) is 0.700. The molecule has 0 fully saturated rings. The molecule has 0 aliphatic rings. The van der Waals surface area contributed by atoms with Gasteiger partial charge in [0.25, 0.3) is 0 Å². The van der Waals surface area contributed by atoms with E-state index in [9.17, 15) is 0 Å². The van der Waals surface area contributed by atoms with Crippen LogP contribution in [-0.2, 0) is 11.3 Å². The third kappa shape index (κ3) is 4.08. The zero-order valence-electron chi connectivity index (χ0n) is 8.49. The summed E-state index contributed by atoms with van der Waals surface area (Å²) in [5.74, 6) is 0. The Bertz CT molecular complexity index is 233. The Morgan fingerprint density at radius 3 is 2.92 bits per heavy atom. The molecule has 1 aromatic heterocycles. The molecule has 0 atom stereocenters. The fourth-order valence-electron chi connectivity index (χ4n) is 1.09. The van der Waals surface area contributed by atoms with Crippen LogP contribution >= 0.6 is 0 Å². The maximum Gasteiger partial charge on any atom is 0.0662 e. The predicted octanol–water partition coefficient (Wildman–Crippen LogP) is 2.01. The lowest BCUT2D eigenvalue weighted by Crippen LogP contribution is -2.07. The van der Waals surface area contributed by atoms with Crippen molar-refractivity contribution in [2.45, 2.75) is 33.2 Å². The number of unbranched alkanes of at least 4 members (excludes halogenated alkanes) is 1. The van der Waals surface area contributed by atoms with Crippen molar-refractivity contribution in [1.82, 2.24) is 9.78 Å². The van der Waals surface area contributed by atoms with Crippen molar-refractivity contribution in [2.24, 2.45) is 0 Å². The van der Waals surface area contributed by atoms with Gasteiger partial charge in [0.05, 0.1) is 18.8 Å². The van der Waals surface area contributed by atoms with Crippen LogP contribution in [0.4, 0.5) is 0 Å². The van der Waals surface area contributed by atoms with Gasteiger partial charge in [0.15, 0.2) is 0 Å². The summed E-state index contributed by atoms with van der Waals surface area (Å²) in [5, 5.41) is 4.27. The quantitative estimate of drug-likeness (QED) is 0.629. The highest BCUT2D eigenvalue weighted by Crippen LogP contribution is 1.93. The average molecular weight is 182 g/mol. The van der Waals surface area contributed by atoms with Crippen LogP contribution in [0, 0.1) is 6.92 Å². The van der Waals surface area contributed by atoms with E-state index in [4.69, 9.17) is 4.74 Å². The molecule has 1 aromatic rings. The first-order chi connectivity index (χ1) is 6.33. The third-order valence-electron chi connectivity index (χ3n) is 1.88. The van der Waals surface area contributed by atoms with E-state index in [1.807, 2.05) is 23.9 Å². The number of hydrogen-bond acceptors (Lipinski definition) is 2. The van der Waals surface area contributed by atoms with E-state index in [1.165, 1.54) is 6.42 Å². The van der Waals surface area contributed by atoms with Crippen molar-refractivity contribution in [3.8, 4) is 0 Å². The van der Waals surface area contributed by atoms with E-state index in [-0.39, 0.29) is 0 Å². The summed E-state index contributed by atoms with van der Waals surface area (Å²) in [4.78, 5) is 0. The van der Waals surface area contributed by atoms with Gasteiger partial charge in [0.2, 0.25) is 0 Å². The Balaban J connectivity index is 2.06. The van der Waals surface area contributed by atoms with Gasteiger partial charge < -0.3 is 4.74 Å². The summed E-state index contributed by atoms with van der Waals surface area (Å²) >= 11 is 0. The van der Waals surface area contributed by atoms with Crippen molar-refractivity contribution in [3.05, 3.63) is 18.0 Å². The normalized spacial score (nSPS) is 10.6. The van der Waals surface area contributed by atoms with Gasteiger partial charge in [-0.2, -0.15) is 5.10 Å². The summed E-state index contributed by atoms with van der Waals surface area (Å²) in [7, 11) is 0. The van der Waals surface area contributed by atoms with Gasteiger partial charge in [-0.15, -0.1) is 0 Å². The van der Waals surface area contributed by atoms with Crippen LogP contribution in [0.3, 0.4) is 0 Å². The molecule has 0 saturated carbocycles. The van der Waals surface area contributed by atoms with Crippen LogP contribution in [0.15, 0.2) is 12.3 Å². The molecule has 0 N–H and O–H groups in total. The molecule has 0 bridgehead atoms. The monoisotopic (exact) mass is 182 g/mol. The van der Waals surface area contributed by atoms with Gasteiger partial charge in [-0.05, 0) is 19.4 Å². The lowest BCUT2D eigenvalue weighted by Gasteiger charge is -2.02. The number of rotatable bonds is 6. The summed E-state index contributed by atoms with van der Waals surface area (Å²) in [6, 6.07) is 2.01. The fourth-order valence-corrected chi connectivity index (χ4v) is 1.09. The standard InChI is InChI=1S/C10H18N2O/c1-3-4-8-13-9-7-12-6-5-10(2)11-12/h5-6H,3-4,7-9H2,1-2H3. The molecule has 1 rings (SSSR count). The van der Waals surface area contributed by atoms with Crippen molar-refractivity contribution < 1.29 is 4.74 Å². The Morgan fingerprint density at radius 2 is 2.31 bits per heavy atom. The van der Waals surface area contributed by atoms with E-state index >= 15 is 0 Å². The lowest BCUT2D eigenvalue weighted by molar-refractivity contribution is 0.121.